The Bertz CT molecular complexity index is 874. The molecule has 1 aromatic heterocycles. The molecule has 0 bridgehead atoms. The van der Waals surface area contributed by atoms with Gasteiger partial charge in [0.05, 0.1) is 24.0 Å². The number of carboxylic acids is 1. The van der Waals surface area contributed by atoms with E-state index in [2.05, 4.69) is 10.3 Å². The molecule has 0 aliphatic carbocycles. The molecule has 0 saturated carbocycles. The minimum Gasteiger partial charge on any atom is -0.478 e. The molecular formula is C17H14FN3O2. The lowest BCUT2D eigenvalue weighted by Crippen LogP contribution is -2.09. The first-order valence-electron chi connectivity index (χ1n) is 7.02. The summed E-state index contributed by atoms with van der Waals surface area (Å²) in [7, 11) is 0. The number of rotatable bonds is 4. The van der Waals surface area contributed by atoms with E-state index in [1.165, 1.54) is 6.07 Å². The fourth-order valence-electron chi connectivity index (χ4n) is 2.43. The average Bonchev–Trinajstić information content (AvgIpc) is 2.98. The van der Waals surface area contributed by atoms with Crippen LogP contribution in [-0.4, -0.2) is 26.1 Å². The van der Waals surface area contributed by atoms with Crippen molar-refractivity contribution in [3.63, 3.8) is 0 Å². The molecule has 0 spiro atoms. The van der Waals surface area contributed by atoms with Gasteiger partial charge in [0.25, 0.3) is 0 Å². The van der Waals surface area contributed by atoms with Gasteiger partial charge in [0.2, 0.25) is 0 Å². The lowest BCUT2D eigenvalue weighted by Gasteiger charge is -2.09. The molecule has 0 radical (unpaired) electrons. The summed E-state index contributed by atoms with van der Waals surface area (Å²) in [5.41, 5.74) is 2.87. The summed E-state index contributed by atoms with van der Waals surface area (Å²) in [6.45, 7) is 1.96. The van der Waals surface area contributed by atoms with E-state index in [0.717, 1.165) is 5.56 Å². The minimum atomic E-state index is -0.986. The Hall–Kier alpha value is -3.02. The van der Waals surface area contributed by atoms with E-state index in [9.17, 15) is 14.3 Å². The van der Waals surface area contributed by atoms with Crippen LogP contribution in [0.5, 0.6) is 0 Å². The lowest BCUT2D eigenvalue weighted by atomic mass is 10.1. The second kappa shape index (κ2) is 6.00. The first-order valence-corrected chi connectivity index (χ1v) is 7.02. The molecule has 1 heterocycles. The molecule has 0 aliphatic heterocycles. The third-order valence-electron chi connectivity index (χ3n) is 3.64. The SMILES string of the molecule is Cc1cc(-c2cnnn2Cc2ccccc2C(=O)O)ccc1F. The smallest absolute Gasteiger partial charge is 0.336 e. The third-order valence-corrected chi connectivity index (χ3v) is 3.64. The third kappa shape index (κ3) is 2.96. The van der Waals surface area contributed by atoms with Crippen molar-refractivity contribution in [2.75, 3.05) is 0 Å². The van der Waals surface area contributed by atoms with Gasteiger partial charge in [-0.3, -0.25) is 0 Å². The van der Waals surface area contributed by atoms with Crippen LogP contribution in [0.1, 0.15) is 21.5 Å². The van der Waals surface area contributed by atoms with E-state index >= 15 is 0 Å². The van der Waals surface area contributed by atoms with Gasteiger partial charge in [0, 0.05) is 5.56 Å². The number of aromatic nitrogens is 3. The van der Waals surface area contributed by atoms with Crippen LogP contribution in [0.25, 0.3) is 11.3 Å². The van der Waals surface area contributed by atoms with Crippen LogP contribution in [0, 0.1) is 12.7 Å². The van der Waals surface area contributed by atoms with Crippen molar-refractivity contribution >= 4 is 5.97 Å². The van der Waals surface area contributed by atoms with Gasteiger partial charge in [-0.1, -0.05) is 23.4 Å². The summed E-state index contributed by atoms with van der Waals surface area (Å²) in [4.78, 5) is 11.3. The zero-order chi connectivity index (χ0) is 16.4. The highest BCUT2D eigenvalue weighted by Crippen LogP contribution is 2.22. The van der Waals surface area contributed by atoms with Gasteiger partial charge in [-0.05, 0) is 42.3 Å². The highest BCUT2D eigenvalue weighted by atomic mass is 19.1. The van der Waals surface area contributed by atoms with Crippen molar-refractivity contribution in [3.8, 4) is 11.3 Å². The Kier molecular flexibility index (Phi) is 3.89. The summed E-state index contributed by atoms with van der Waals surface area (Å²) >= 11 is 0. The number of aryl methyl sites for hydroxylation is 1. The maximum absolute atomic E-state index is 13.4. The van der Waals surface area contributed by atoms with E-state index in [0.29, 0.717) is 16.8 Å². The van der Waals surface area contributed by atoms with E-state index in [1.54, 1.807) is 54.2 Å². The van der Waals surface area contributed by atoms with Gasteiger partial charge in [-0.25, -0.2) is 13.9 Å². The first kappa shape index (κ1) is 14.9. The van der Waals surface area contributed by atoms with Gasteiger partial charge in [-0.2, -0.15) is 0 Å². The van der Waals surface area contributed by atoms with E-state index < -0.39 is 5.97 Å². The molecule has 0 saturated heterocycles. The standard InChI is InChI=1S/C17H14FN3O2/c1-11-8-12(6-7-15(11)18)16-9-19-20-21(16)10-13-4-2-3-5-14(13)17(22)23/h2-9H,10H2,1H3,(H,22,23). The summed E-state index contributed by atoms with van der Waals surface area (Å²) in [5.74, 6) is -1.26. The van der Waals surface area contributed by atoms with Gasteiger partial charge in [-0.15, -0.1) is 5.10 Å². The lowest BCUT2D eigenvalue weighted by molar-refractivity contribution is 0.0695. The highest BCUT2D eigenvalue weighted by molar-refractivity contribution is 5.89. The Labute approximate surface area is 132 Å². The molecule has 1 N–H and O–H groups in total. The first-order chi connectivity index (χ1) is 11.1. The molecule has 0 atom stereocenters. The molecule has 3 aromatic rings. The fourth-order valence-corrected chi connectivity index (χ4v) is 2.43. The number of hydrogen-bond donors (Lipinski definition) is 1. The van der Waals surface area contributed by atoms with Gasteiger partial charge in [0.15, 0.2) is 0 Å². The Morgan fingerprint density at radius 2 is 2.04 bits per heavy atom. The molecule has 5 nitrogen and oxygen atoms in total. The number of benzene rings is 2. The normalized spacial score (nSPS) is 10.7. The largest absolute Gasteiger partial charge is 0.478 e. The molecular weight excluding hydrogens is 297 g/mol. The van der Waals surface area contributed by atoms with Gasteiger partial charge >= 0.3 is 5.97 Å². The highest BCUT2D eigenvalue weighted by Gasteiger charge is 2.13. The number of aromatic carboxylic acids is 1. The average molecular weight is 311 g/mol. The summed E-state index contributed by atoms with van der Waals surface area (Å²) in [5, 5.41) is 17.2. The van der Waals surface area contributed by atoms with Crippen molar-refractivity contribution in [1.29, 1.82) is 0 Å². The summed E-state index contributed by atoms with van der Waals surface area (Å²) in [6.07, 6.45) is 1.58. The van der Waals surface area contributed by atoms with Crippen LogP contribution >= 0.6 is 0 Å². The molecule has 0 amide bonds. The van der Waals surface area contributed by atoms with Crippen LogP contribution in [0.15, 0.2) is 48.7 Å². The molecule has 2 aromatic carbocycles. The van der Waals surface area contributed by atoms with Gasteiger partial charge < -0.3 is 5.11 Å². The van der Waals surface area contributed by atoms with Crippen molar-refractivity contribution in [2.45, 2.75) is 13.5 Å². The molecule has 0 unspecified atom stereocenters. The maximum atomic E-state index is 13.4. The van der Waals surface area contributed by atoms with Crippen molar-refractivity contribution < 1.29 is 14.3 Å². The molecule has 0 fully saturated rings. The predicted octanol–water partition coefficient (Wildman–Crippen LogP) is 3.14. The molecule has 0 aliphatic rings. The zero-order valence-corrected chi connectivity index (χ0v) is 12.4. The molecule has 23 heavy (non-hydrogen) atoms. The maximum Gasteiger partial charge on any atom is 0.336 e. The summed E-state index contributed by atoms with van der Waals surface area (Å²) in [6, 6.07) is 11.5. The molecule has 6 heteroatoms. The number of carbonyl (C=O) groups is 1. The quantitative estimate of drug-likeness (QED) is 0.803. The van der Waals surface area contributed by atoms with Crippen LogP contribution in [0.2, 0.25) is 0 Å². The Morgan fingerprint density at radius 1 is 1.26 bits per heavy atom. The topological polar surface area (TPSA) is 68.0 Å². The summed E-state index contributed by atoms with van der Waals surface area (Å²) < 4.78 is 15.0. The van der Waals surface area contributed by atoms with Crippen LogP contribution < -0.4 is 0 Å². The molecule has 3 rings (SSSR count). The second-order valence-electron chi connectivity index (χ2n) is 5.20. The van der Waals surface area contributed by atoms with E-state index in [-0.39, 0.29) is 17.9 Å². The van der Waals surface area contributed by atoms with Crippen LogP contribution in [-0.2, 0) is 6.54 Å². The van der Waals surface area contributed by atoms with Crippen LogP contribution in [0.3, 0.4) is 0 Å². The van der Waals surface area contributed by atoms with Gasteiger partial charge in [0.1, 0.15) is 5.82 Å². The monoisotopic (exact) mass is 311 g/mol. The second-order valence-corrected chi connectivity index (χ2v) is 5.20. The van der Waals surface area contributed by atoms with Crippen molar-refractivity contribution in [1.82, 2.24) is 15.0 Å². The Morgan fingerprint density at radius 3 is 2.78 bits per heavy atom. The number of hydrogen-bond acceptors (Lipinski definition) is 3. The zero-order valence-electron chi connectivity index (χ0n) is 12.4. The number of halogens is 1. The number of nitrogens with zero attached hydrogens (tertiary/aromatic N) is 3. The minimum absolute atomic E-state index is 0.226. The fraction of sp³-hybridized carbons (Fsp3) is 0.118. The van der Waals surface area contributed by atoms with E-state index in [1.807, 2.05) is 0 Å². The van der Waals surface area contributed by atoms with Crippen molar-refractivity contribution in [2.24, 2.45) is 0 Å². The predicted molar refractivity (Wildman–Crippen MR) is 82.7 cm³/mol. The molecule has 116 valence electrons. The van der Waals surface area contributed by atoms with Crippen LogP contribution in [0.4, 0.5) is 4.39 Å². The van der Waals surface area contributed by atoms with Crippen molar-refractivity contribution in [3.05, 3.63) is 71.2 Å². The van der Waals surface area contributed by atoms with E-state index in [4.69, 9.17) is 0 Å². The number of carboxylic acid groups (broad SMARTS) is 1. The Balaban J connectivity index is 1.99.